The number of methoxy groups -OCH3 is 1. The Bertz CT molecular complexity index is 683. The van der Waals surface area contributed by atoms with Gasteiger partial charge in [-0.05, 0) is 32.0 Å². The molecule has 0 aliphatic heterocycles. The highest BCUT2D eigenvalue weighted by Crippen LogP contribution is 2.22. The largest absolute Gasteiger partial charge is 0.496 e. The van der Waals surface area contributed by atoms with Crippen LogP contribution in [0.2, 0.25) is 0 Å². The molecule has 2 N–H and O–H groups in total. The van der Waals surface area contributed by atoms with Crippen molar-refractivity contribution >= 4 is 21.9 Å². The summed E-state index contributed by atoms with van der Waals surface area (Å²) in [6, 6.07) is 3.56. The monoisotopic (exact) mass is 344 g/mol. The van der Waals surface area contributed by atoms with Crippen LogP contribution in [0.15, 0.2) is 23.1 Å². The summed E-state index contributed by atoms with van der Waals surface area (Å²) >= 11 is 0. The Kier molecular flexibility index (Phi) is 6.52. The van der Waals surface area contributed by atoms with Gasteiger partial charge in [-0.25, -0.2) is 18.4 Å². The Morgan fingerprint density at radius 1 is 1.22 bits per heavy atom. The third-order valence-corrected chi connectivity index (χ3v) is 4.07. The van der Waals surface area contributed by atoms with E-state index in [0.717, 1.165) is 6.07 Å². The van der Waals surface area contributed by atoms with Crippen molar-refractivity contribution in [2.45, 2.75) is 18.7 Å². The second kappa shape index (κ2) is 7.93. The van der Waals surface area contributed by atoms with Gasteiger partial charge in [0.2, 0.25) is 10.0 Å². The summed E-state index contributed by atoms with van der Waals surface area (Å²) in [5, 5.41) is 5.03. The predicted molar refractivity (Wildman–Crippen MR) is 82.6 cm³/mol. The van der Waals surface area contributed by atoms with Crippen LogP contribution in [0, 0.1) is 0 Å². The van der Waals surface area contributed by atoms with Crippen LogP contribution in [0.4, 0.5) is 0 Å². The molecule has 0 atom stereocenters. The molecule has 1 aromatic carbocycles. The summed E-state index contributed by atoms with van der Waals surface area (Å²) in [5.74, 6) is -1.09. The van der Waals surface area contributed by atoms with Gasteiger partial charge in [-0.1, -0.05) is 0 Å². The van der Waals surface area contributed by atoms with Crippen LogP contribution >= 0.6 is 0 Å². The van der Waals surface area contributed by atoms with Crippen LogP contribution in [-0.2, 0) is 19.6 Å². The van der Waals surface area contributed by atoms with Gasteiger partial charge in [0.25, 0.3) is 5.91 Å². The molecule has 0 unspecified atom stereocenters. The van der Waals surface area contributed by atoms with Crippen LogP contribution < -0.4 is 9.88 Å². The van der Waals surface area contributed by atoms with Crippen molar-refractivity contribution in [1.29, 1.82) is 0 Å². The number of likely N-dealkylation sites (N-methyl/N-ethyl adjacent to an activating group) is 1. The molecule has 0 spiro atoms. The lowest BCUT2D eigenvalue weighted by atomic mass is 10.2. The number of rotatable bonds is 7. The number of hydrogen-bond acceptors (Lipinski definition) is 6. The van der Waals surface area contributed by atoms with Gasteiger partial charge in [0, 0.05) is 13.1 Å². The topological polar surface area (TPSA) is 116 Å². The first-order valence-electron chi connectivity index (χ1n) is 6.90. The van der Waals surface area contributed by atoms with Crippen LogP contribution in [0.1, 0.15) is 24.2 Å². The quantitative estimate of drug-likeness (QED) is 0.714. The molecule has 0 aromatic heterocycles. The maximum Gasteiger partial charge on any atom is 0.342 e. The van der Waals surface area contributed by atoms with Crippen molar-refractivity contribution < 1.29 is 27.5 Å². The van der Waals surface area contributed by atoms with Gasteiger partial charge < -0.3 is 14.4 Å². The van der Waals surface area contributed by atoms with Crippen molar-refractivity contribution in [2.24, 2.45) is 5.14 Å². The number of hydrogen-bond donors (Lipinski definition) is 1. The SMILES string of the molecule is CCN(CC)C(=O)COC(=O)c1cc(S(N)(=O)=O)ccc1OC. The number of sulfonamides is 1. The summed E-state index contributed by atoms with van der Waals surface area (Å²) in [4.78, 5) is 25.2. The lowest BCUT2D eigenvalue weighted by Gasteiger charge is -2.18. The summed E-state index contributed by atoms with van der Waals surface area (Å²) in [6.45, 7) is 4.17. The molecule has 0 bridgehead atoms. The van der Waals surface area contributed by atoms with Gasteiger partial charge in [0.1, 0.15) is 11.3 Å². The van der Waals surface area contributed by atoms with Crippen LogP contribution in [0.5, 0.6) is 5.75 Å². The Hall–Kier alpha value is -2.13. The minimum absolute atomic E-state index is 0.119. The van der Waals surface area contributed by atoms with E-state index in [9.17, 15) is 18.0 Å². The lowest BCUT2D eigenvalue weighted by molar-refractivity contribution is -0.134. The number of ether oxygens (including phenoxy) is 2. The normalized spacial score (nSPS) is 11.0. The molecule has 8 nitrogen and oxygen atoms in total. The van der Waals surface area contributed by atoms with E-state index < -0.39 is 22.6 Å². The van der Waals surface area contributed by atoms with E-state index in [1.807, 2.05) is 13.8 Å². The molecule has 9 heteroatoms. The molecule has 0 radical (unpaired) electrons. The number of carbonyl (C=O) groups is 2. The Balaban J connectivity index is 2.96. The van der Waals surface area contributed by atoms with Gasteiger partial charge >= 0.3 is 5.97 Å². The van der Waals surface area contributed by atoms with Crippen molar-refractivity contribution in [3.05, 3.63) is 23.8 Å². The smallest absolute Gasteiger partial charge is 0.342 e. The molecule has 0 aliphatic rings. The Morgan fingerprint density at radius 2 is 1.83 bits per heavy atom. The Morgan fingerprint density at radius 3 is 2.30 bits per heavy atom. The first-order chi connectivity index (χ1) is 10.7. The summed E-state index contributed by atoms with van der Waals surface area (Å²) in [5.41, 5.74) is -0.119. The number of benzene rings is 1. The number of amides is 1. The van der Waals surface area contributed by atoms with Gasteiger partial charge in [-0.15, -0.1) is 0 Å². The average molecular weight is 344 g/mol. The number of nitrogens with two attached hydrogens (primary N) is 1. The molecule has 0 saturated heterocycles. The van der Waals surface area contributed by atoms with E-state index in [4.69, 9.17) is 14.6 Å². The van der Waals surface area contributed by atoms with E-state index in [0.29, 0.717) is 13.1 Å². The Labute approximate surface area is 135 Å². The summed E-state index contributed by atoms with van der Waals surface area (Å²) in [7, 11) is -2.65. The minimum Gasteiger partial charge on any atom is -0.496 e. The lowest BCUT2D eigenvalue weighted by Crippen LogP contribution is -2.34. The van der Waals surface area contributed by atoms with Crippen molar-refractivity contribution in [3.63, 3.8) is 0 Å². The molecule has 0 saturated carbocycles. The average Bonchev–Trinajstić information content (AvgIpc) is 2.52. The summed E-state index contributed by atoms with van der Waals surface area (Å²) < 4.78 is 32.7. The van der Waals surface area contributed by atoms with Crippen molar-refractivity contribution in [3.8, 4) is 5.75 Å². The van der Waals surface area contributed by atoms with Crippen LogP contribution in [0.25, 0.3) is 0 Å². The maximum absolute atomic E-state index is 12.1. The minimum atomic E-state index is -3.97. The van der Waals surface area contributed by atoms with E-state index in [-0.39, 0.29) is 22.1 Å². The van der Waals surface area contributed by atoms with E-state index >= 15 is 0 Å². The second-order valence-corrected chi connectivity index (χ2v) is 6.11. The molecule has 23 heavy (non-hydrogen) atoms. The predicted octanol–water partition coefficient (Wildman–Crippen LogP) is 0.368. The fraction of sp³-hybridized carbons (Fsp3) is 0.429. The molecule has 0 aliphatic carbocycles. The van der Waals surface area contributed by atoms with Gasteiger partial charge in [-0.3, -0.25) is 4.79 Å². The van der Waals surface area contributed by atoms with Gasteiger partial charge in [0.15, 0.2) is 6.61 Å². The fourth-order valence-corrected chi connectivity index (χ4v) is 2.44. The standard InChI is InChI=1S/C14H20N2O6S/c1-4-16(5-2)13(17)9-22-14(18)11-8-10(23(15,19)20)6-7-12(11)21-3/h6-8H,4-5,9H2,1-3H3,(H2,15,19,20). The number of primary sulfonamides is 1. The van der Waals surface area contributed by atoms with Crippen LogP contribution in [-0.4, -0.2) is 52.0 Å². The van der Waals surface area contributed by atoms with Crippen molar-refractivity contribution in [2.75, 3.05) is 26.8 Å². The molecule has 1 aromatic rings. The second-order valence-electron chi connectivity index (χ2n) is 4.55. The highest BCUT2D eigenvalue weighted by atomic mass is 32.2. The first-order valence-corrected chi connectivity index (χ1v) is 8.44. The maximum atomic E-state index is 12.1. The molecule has 0 heterocycles. The molecule has 0 fully saturated rings. The number of esters is 1. The number of carbonyl (C=O) groups excluding carboxylic acids is 2. The zero-order valence-corrected chi connectivity index (χ0v) is 14.1. The van der Waals surface area contributed by atoms with Gasteiger partial charge in [0.05, 0.1) is 12.0 Å². The molecule has 1 amide bonds. The van der Waals surface area contributed by atoms with E-state index in [1.165, 1.54) is 24.1 Å². The van der Waals surface area contributed by atoms with Crippen molar-refractivity contribution in [1.82, 2.24) is 4.90 Å². The molecular weight excluding hydrogens is 324 g/mol. The third-order valence-electron chi connectivity index (χ3n) is 3.16. The molecular formula is C14H20N2O6S. The van der Waals surface area contributed by atoms with E-state index in [1.54, 1.807) is 0 Å². The van der Waals surface area contributed by atoms with Crippen LogP contribution in [0.3, 0.4) is 0 Å². The summed E-state index contributed by atoms with van der Waals surface area (Å²) in [6.07, 6.45) is 0. The van der Waals surface area contributed by atoms with E-state index in [2.05, 4.69) is 0 Å². The fourth-order valence-electron chi connectivity index (χ4n) is 1.90. The zero-order valence-electron chi connectivity index (χ0n) is 13.2. The van der Waals surface area contributed by atoms with Gasteiger partial charge in [-0.2, -0.15) is 0 Å². The zero-order chi connectivity index (χ0) is 17.6. The molecule has 1 rings (SSSR count). The highest BCUT2D eigenvalue weighted by molar-refractivity contribution is 7.89. The highest BCUT2D eigenvalue weighted by Gasteiger charge is 2.20. The molecule has 128 valence electrons. The first kappa shape index (κ1) is 18.9. The number of nitrogens with zero attached hydrogens (tertiary/aromatic N) is 1. The third kappa shape index (κ3) is 4.93.